The van der Waals surface area contributed by atoms with Gasteiger partial charge < -0.3 is 5.32 Å². The Balaban J connectivity index is 2.16. The molecule has 2 nitrogen and oxygen atoms in total. The highest BCUT2D eigenvalue weighted by molar-refractivity contribution is 8.14. The topological polar surface area (TPSA) is 24.4 Å². The minimum atomic E-state index is 0.698. The van der Waals surface area contributed by atoms with E-state index in [4.69, 9.17) is 0 Å². The summed E-state index contributed by atoms with van der Waals surface area (Å²) in [6, 6.07) is 0. The van der Waals surface area contributed by atoms with Gasteiger partial charge in [-0.3, -0.25) is 4.99 Å². The lowest BCUT2D eigenvalue weighted by Crippen LogP contribution is -2.21. The van der Waals surface area contributed by atoms with Crippen LogP contribution in [-0.4, -0.2) is 23.5 Å². The molecule has 0 aromatic rings. The maximum Gasteiger partial charge on any atom is 0.156 e. The van der Waals surface area contributed by atoms with Gasteiger partial charge in [-0.05, 0) is 12.3 Å². The predicted molar refractivity (Wildman–Crippen MR) is 61.4 cm³/mol. The van der Waals surface area contributed by atoms with Gasteiger partial charge in [0.2, 0.25) is 0 Å². The molecule has 0 aromatic heterocycles. The summed E-state index contributed by atoms with van der Waals surface area (Å²) in [6.45, 7) is 8.82. The van der Waals surface area contributed by atoms with Gasteiger partial charge in [-0.25, -0.2) is 0 Å². The van der Waals surface area contributed by atoms with Gasteiger partial charge in [-0.2, -0.15) is 0 Å². The van der Waals surface area contributed by atoms with Crippen molar-refractivity contribution in [1.82, 2.24) is 5.32 Å². The minimum Gasteiger partial charge on any atom is -0.365 e. The van der Waals surface area contributed by atoms with E-state index in [1.807, 2.05) is 11.8 Å². The fourth-order valence-electron chi connectivity index (χ4n) is 1.21. The van der Waals surface area contributed by atoms with Gasteiger partial charge in [0.05, 0.1) is 6.54 Å². The molecule has 0 saturated carbocycles. The van der Waals surface area contributed by atoms with Crippen molar-refractivity contribution in [2.24, 2.45) is 10.9 Å². The number of nitrogens with zero attached hydrogens (tertiary/aromatic N) is 1. The molecular weight excluding hydrogens is 180 g/mol. The summed E-state index contributed by atoms with van der Waals surface area (Å²) in [4.78, 5) is 4.48. The highest BCUT2D eigenvalue weighted by Gasteiger charge is 2.21. The normalized spacial score (nSPS) is 22.2. The van der Waals surface area contributed by atoms with Crippen LogP contribution in [0.4, 0.5) is 0 Å². The van der Waals surface area contributed by atoms with Crippen LogP contribution in [0.3, 0.4) is 0 Å². The van der Waals surface area contributed by atoms with E-state index in [1.165, 1.54) is 12.8 Å². The molecule has 0 saturated heterocycles. The summed E-state index contributed by atoms with van der Waals surface area (Å²) in [5.74, 6) is 0.735. The van der Waals surface area contributed by atoms with E-state index in [9.17, 15) is 0 Å². The van der Waals surface area contributed by atoms with Crippen LogP contribution in [-0.2, 0) is 0 Å². The molecule has 0 fully saturated rings. The van der Waals surface area contributed by atoms with Crippen molar-refractivity contribution in [3.8, 4) is 0 Å². The zero-order valence-electron chi connectivity index (χ0n) is 8.84. The number of hydrogen-bond acceptors (Lipinski definition) is 3. The van der Waals surface area contributed by atoms with E-state index in [0.29, 0.717) is 5.25 Å². The molecule has 3 heteroatoms. The number of unbranched alkanes of at least 4 members (excludes halogenated alkanes) is 1. The molecule has 13 heavy (non-hydrogen) atoms. The second-order valence-electron chi connectivity index (χ2n) is 3.83. The predicted octanol–water partition coefficient (Wildman–Crippen LogP) is 2.50. The van der Waals surface area contributed by atoms with Crippen LogP contribution < -0.4 is 5.32 Å². The molecule has 0 aliphatic carbocycles. The molecule has 1 aliphatic rings. The molecule has 1 rings (SSSR count). The van der Waals surface area contributed by atoms with Crippen molar-refractivity contribution >= 4 is 16.9 Å². The van der Waals surface area contributed by atoms with Crippen molar-refractivity contribution in [1.29, 1.82) is 0 Å². The Morgan fingerprint density at radius 1 is 1.62 bits per heavy atom. The summed E-state index contributed by atoms with van der Waals surface area (Å²) in [5.41, 5.74) is 0. The van der Waals surface area contributed by atoms with Crippen LogP contribution in [0.5, 0.6) is 0 Å². The fourth-order valence-corrected chi connectivity index (χ4v) is 2.25. The van der Waals surface area contributed by atoms with Crippen molar-refractivity contribution in [3.05, 3.63) is 0 Å². The Morgan fingerprint density at radius 2 is 2.38 bits per heavy atom. The molecule has 1 unspecified atom stereocenters. The van der Waals surface area contributed by atoms with Gasteiger partial charge in [-0.1, -0.05) is 39.0 Å². The number of thioether (sulfide) groups is 1. The second kappa shape index (κ2) is 5.53. The molecule has 0 bridgehead atoms. The Hall–Kier alpha value is -0.180. The monoisotopic (exact) mass is 200 g/mol. The lowest BCUT2D eigenvalue weighted by molar-refractivity contribution is 0.621. The van der Waals surface area contributed by atoms with Gasteiger partial charge in [-0.15, -0.1) is 0 Å². The zero-order valence-corrected chi connectivity index (χ0v) is 9.66. The summed E-state index contributed by atoms with van der Waals surface area (Å²) in [7, 11) is 0. The van der Waals surface area contributed by atoms with Crippen molar-refractivity contribution in [2.45, 2.75) is 38.9 Å². The molecule has 1 aliphatic heterocycles. The van der Waals surface area contributed by atoms with Gasteiger partial charge in [0, 0.05) is 11.8 Å². The number of nitrogens with one attached hydrogen (secondary N) is 1. The van der Waals surface area contributed by atoms with Crippen LogP contribution in [0.15, 0.2) is 4.99 Å². The quantitative estimate of drug-likeness (QED) is 0.705. The molecule has 0 spiro atoms. The molecule has 1 heterocycles. The van der Waals surface area contributed by atoms with Crippen LogP contribution >= 0.6 is 11.8 Å². The Labute approximate surface area is 85.6 Å². The van der Waals surface area contributed by atoms with Gasteiger partial charge in [0.25, 0.3) is 0 Å². The third kappa shape index (κ3) is 3.59. The SMILES string of the molecule is CCCCNC1=NCC(C(C)C)S1. The summed E-state index contributed by atoms with van der Waals surface area (Å²) < 4.78 is 0. The molecular formula is C10H20N2S. The maximum absolute atomic E-state index is 4.48. The first-order chi connectivity index (χ1) is 6.24. The van der Waals surface area contributed by atoms with E-state index >= 15 is 0 Å². The molecule has 1 atom stereocenters. The average Bonchev–Trinajstić information content (AvgIpc) is 2.53. The van der Waals surface area contributed by atoms with E-state index < -0.39 is 0 Å². The summed E-state index contributed by atoms with van der Waals surface area (Å²) >= 11 is 1.91. The highest BCUT2D eigenvalue weighted by atomic mass is 32.2. The van der Waals surface area contributed by atoms with E-state index in [-0.39, 0.29) is 0 Å². The van der Waals surface area contributed by atoms with Gasteiger partial charge in [0.15, 0.2) is 5.17 Å². The van der Waals surface area contributed by atoms with Crippen LogP contribution in [0, 0.1) is 5.92 Å². The molecule has 0 amide bonds. The minimum absolute atomic E-state index is 0.698. The van der Waals surface area contributed by atoms with Gasteiger partial charge in [0.1, 0.15) is 0 Å². The van der Waals surface area contributed by atoms with E-state index in [1.54, 1.807) is 0 Å². The third-order valence-electron chi connectivity index (χ3n) is 2.23. The van der Waals surface area contributed by atoms with Crippen molar-refractivity contribution in [2.75, 3.05) is 13.1 Å². The van der Waals surface area contributed by atoms with Crippen LogP contribution in [0.2, 0.25) is 0 Å². The second-order valence-corrected chi connectivity index (χ2v) is 5.05. The number of amidine groups is 1. The molecule has 1 N–H and O–H groups in total. The first kappa shape index (κ1) is 10.9. The smallest absolute Gasteiger partial charge is 0.156 e. The first-order valence-corrected chi connectivity index (χ1v) is 6.07. The molecule has 0 radical (unpaired) electrons. The summed E-state index contributed by atoms with van der Waals surface area (Å²) in [6.07, 6.45) is 2.49. The average molecular weight is 200 g/mol. The van der Waals surface area contributed by atoms with Crippen molar-refractivity contribution in [3.63, 3.8) is 0 Å². The lowest BCUT2D eigenvalue weighted by atomic mass is 10.1. The van der Waals surface area contributed by atoms with Crippen LogP contribution in [0.25, 0.3) is 0 Å². The molecule has 0 aromatic carbocycles. The Bertz CT molecular complexity index is 178. The highest BCUT2D eigenvalue weighted by Crippen LogP contribution is 2.25. The zero-order chi connectivity index (χ0) is 9.68. The maximum atomic E-state index is 4.48. The van der Waals surface area contributed by atoms with Crippen molar-refractivity contribution < 1.29 is 0 Å². The van der Waals surface area contributed by atoms with Crippen LogP contribution in [0.1, 0.15) is 33.6 Å². The largest absolute Gasteiger partial charge is 0.365 e. The molecule has 76 valence electrons. The third-order valence-corrected chi connectivity index (χ3v) is 3.72. The number of rotatable bonds is 4. The van der Waals surface area contributed by atoms with E-state index in [0.717, 1.165) is 24.2 Å². The summed E-state index contributed by atoms with van der Waals surface area (Å²) in [5, 5.41) is 5.24. The number of hydrogen-bond donors (Lipinski definition) is 1. The lowest BCUT2D eigenvalue weighted by Gasteiger charge is -2.11. The Morgan fingerprint density at radius 3 is 2.92 bits per heavy atom. The Kier molecular flexibility index (Phi) is 4.64. The number of aliphatic imine (C=N–C) groups is 1. The fraction of sp³-hybridized carbons (Fsp3) is 0.900. The first-order valence-electron chi connectivity index (χ1n) is 5.19. The van der Waals surface area contributed by atoms with E-state index in [2.05, 4.69) is 31.1 Å². The standard InChI is InChI=1S/C10H20N2S/c1-4-5-6-11-10-12-7-9(13-10)8(2)3/h8-9H,4-7H2,1-3H3,(H,11,12). The van der Waals surface area contributed by atoms with Gasteiger partial charge >= 0.3 is 0 Å².